The van der Waals surface area contributed by atoms with Gasteiger partial charge in [0.05, 0.1) is 0 Å². The van der Waals surface area contributed by atoms with Gasteiger partial charge in [0.1, 0.15) is 17.5 Å². The fourth-order valence-corrected chi connectivity index (χ4v) is 5.22. The van der Waals surface area contributed by atoms with Crippen LogP contribution in [0.15, 0.2) is 66.7 Å². The Kier molecular flexibility index (Phi) is 5.94. The number of ketones is 1. The Hall–Kier alpha value is -3.12. The lowest BCUT2D eigenvalue weighted by molar-refractivity contribution is 0.0971. The Labute approximate surface area is 191 Å². The molecule has 2 unspecified atom stereocenters. The molecule has 1 fully saturated rings. The third-order valence-electron chi connectivity index (χ3n) is 6.79. The highest BCUT2D eigenvalue weighted by molar-refractivity contribution is 5.95. The van der Waals surface area contributed by atoms with Gasteiger partial charge in [0.15, 0.2) is 5.78 Å². The zero-order valence-electron chi connectivity index (χ0n) is 18.2. The van der Waals surface area contributed by atoms with Gasteiger partial charge in [-0.2, -0.15) is 0 Å². The number of halogens is 3. The van der Waals surface area contributed by atoms with Crippen molar-refractivity contribution in [3.8, 4) is 0 Å². The predicted octanol–water partition coefficient (Wildman–Crippen LogP) is 6.08. The van der Waals surface area contributed by atoms with E-state index in [-0.39, 0.29) is 35.2 Å². The number of piperidine rings is 1. The summed E-state index contributed by atoms with van der Waals surface area (Å²) in [5.41, 5.74) is 3.41. The van der Waals surface area contributed by atoms with Gasteiger partial charge in [0.2, 0.25) is 0 Å². The van der Waals surface area contributed by atoms with Crippen LogP contribution in [0, 0.1) is 17.5 Å². The predicted molar refractivity (Wildman–Crippen MR) is 122 cm³/mol. The summed E-state index contributed by atoms with van der Waals surface area (Å²) in [5, 5.41) is 0. The minimum atomic E-state index is -0.350. The van der Waals surface area contributed by atoms with Crippen LogP contribution >= 0.6 is 0 Å². The smallest absolute Gasteiger partial charge is 0.162 e. The van der Waals surface area contributed by atoms with Gasteiger partial charge in [-0.3, -0.25) is 4.79 Å². The van der Waals surface area contributed by atoms with E-state index in [0.29, 0.717) is 18.4 Å². The molecule has 3 aromatic carbocycles. The maximum absolute atomic E-state index is 14.1. The molecule has 3 nitrogen and oxygen atoms in total. The standard InChI is InChI=1S/C27H25F3N2O/c28-19-5-3-18(4-6-19)27(33)2-1-14-31-15-13-26-24(17-31)23-16-21(30)9-12-25(23)32(26)22-10-7-20(29)8-11-22/h3-12,16,24,26H,1-2,13-15,17H2. The third kappa shape index (κ3) is 4.40. The molecule has 0 bridgehead atoms. The van der Waals surface area contributed by atoms with Gasteiger partial charge in [-0.25, -0.2) is 13.2 Å². The molecule has 2 aliphatic heterocycles. The summed E-state index contributed by atoms with van der Waals surface area (Å²) in [6.07, 6.45) is 2.01. The first-order chi connectivity index (χ1) is 16.0. The Balaban J connectivity index is 1.27. The number of anilines is 2. The lowest BCUT2D eigenvalue weighted by Gasteiger charge is -2.39. The Morgan fingerprint density at radius 3 is 2.27 bits per heavy atom. The number of carbonyl (C=O) groups is 1. The van der Waals surface area contributed by atoms with Crippen molar-refractivity contribution in [3.63, 3.8) is 0 Å². The summed E-state index contributed by atoms with van der Waals surface area (Å²) in [6, 6.07) is 17.2. The van der Waals surface area contributed by atoms with E-state index in [1.165, 1.54) is 42.5 Å². The van der Waals surface area contributed by atoms with Gasteiger partial charge in [-0.15, -0.1) is 0 Å². The lowest BCUT2D eigenvalue weighted by Crippen LogP contribution is -2.45. The molecular formula is C27H25F3N2O. The molecule has 0 saturated carbocycles. The number of carbonyl (C=O) groups excluding carboxylic acids is 1. The summed E-state index contributed by atoms with van der Waals surface area (Å²) in [7, 11) is 0. The van der Waals surface area contributed by atoms with Gasteiger partial charge in [0.25, 0.3) is 0 Å². The fraction of sp³-hybridized carbons (Fsp3) is 0.296. The number of Topliss-reactive ketones (excluding diaryl/α,β-unsaturated/α-hetero) is 1. The van der Waals surface area contributed by atoms with Crippen LogP contribution in [0.25, 0.3) is 0 Å². The fourth-order valence-electron chi connectivity index (χ4n) is 5.22. The largest absolute Gasteiger partial charge is 0.337 e. The minimum absolute atomic E-state index is 0.0145. The molecular weight excluding hydrogens is 425 g/mol. The van der Waals surface area contributed by atoms with Crippen LogP contribution in [0.2, 0.25) is 0 Å². The third-order valence-corrected chi connectivity index (χ3v) is 6.79. The van der Waals surface area contributed by atoms with Crippen molar-refractivity contribution in [2.75, 3.05) is 24.5 Å². The molecule has 0 radical (unpaired) electrons. The Bertz CT molecular complexity index is 1150. The molecule has 0 spiro atoms. The number of fused-ring (bicyclic) bond motifs is 3. The van der Waals surface area contributed by atoms with Crippen LogP contribution in [0.3, 0.4) is 0 Å². The molecule has 2 aliphatic rings. The van der Waals surface area contributed by atoms with E-state index in [4.69, 9.17) is 0 Å². The molecule has 0 aromatic heterocycles. The van der Waals surface area contributed by atoms with E-state index in [1.54, 1.807) is 18.2 Å². The number of hydrogen-bond acceptors (Lipinski definition) is 3. The maximum Gasteiger partial charge on any atom is 0.162 e. The van der Waals surface area contributed by atoms with Crippen LogP contribution in [0.1, 0.15) is 41.1 Å². The van der Waals surface area contributed by atoms with Crippen molar-refractivity contribution in [2.24, 2.45) is 0 Å². The number of nitrogens with zero attached hydrogens (tertiary/aromatic N) is 2. The number of likely N-dealkylation sites (tertiary alicyclic amines) is 1. The minimum Gasteiger partial charge on any atom is -0.337 e. The zero-order chi connectivity index (χ0) is 22.9. The molecule has 2 atom stereocenters. The molecule has 0 N–H and O–H groups in total. The van der Waals surface area contributed by atoms with E-state index in [0.717, 1.165) is 43.0 Å². The highest BCUT2D eigenvalue weighted by atomic mass is 19.1. The first-order valence-electron chi connectivity index (χ1n) is 11.3. The van der Waals surface area contributed by atoms with Crippen molar-refractivity contribution in [1.82, 2.24) is 4.90 Å². The molecule has 1 saturated heterocycles. The highest BCUT2D eigenvalue weighted by Crippen LogP contribution is 2.48. The average Bonchev–Trinajstić information content (AvgIpc) is 3.13. The van der Waals surface area contributed by atoms with Crippen molar-refractivity contribution in [1.29, 1.82) is 0 Å². The second kappa shape index (κ2) is 9.02. The van der Waals surface area contributed by atoms with Crippen molar-refractivity contribution in [3.05, 3.63) is 95.3 Å². The van der Waals surface area contributed by atoms with E-state index in [2.05, 4.69) is 9.80 Å². The van der Waals surface area contributed by atoms with E-state index < -0.39 is 0 Å². The first-order valence-corrected chi connectivity index (χ1v) is 11.3. The summed E-state index contributed by atoms with van der Waals surface area (Å²) >= 11 is 0. The molecule has 0 amide bonds. The first kappa shape index (κ1) is 21.7. The Morgan fingerprint density at radius 1 is 0.879 bits per heavy atom. The van der Waals surface area contributed by atoms with E-state index in [9.17, 15) is 18.0 Å². The molecule has 33 heavy (non-hydrogen) atoms. The maximum atomic E-state index is 14.1. The molecule has 170 valence electrons. The molecule has 2 heterocycles. The van der Waals surface area contributed by atoms with E-state index in [1.807, 2.05) is 6.07 Å². The summed E-state index contributed by atoms with van der Waals surface area (Å²) in [6.45, 7) is 2.43. The normalized spacial score (nSPS) is 19.9. The van der Waals surface area contributed by atoms with Crippen molar-refractivity contribution >= 4 is 17.2 Å². The van der Waals surface area contributed by atoms with Crippen LogP contribution in [-0.2, 0) is 0 Å². The Morgan fingerprint density at radius 2 is 1.55 bits per heavy atom. The quantitative estimate of drug-likeness (QED) is 0.426. The van der Waals surface area contributed by atoms with Gasteiger partial charge < -0.3 is 9.80 Å². The molecule has 3 aromatic rings. The van der Waals surface area contributed by atoms with Crippen LogP contribution in [0.4, 0.5) is 24.5 Å². The van der Waals surface area contributed by atoms with Crippen molar-refractivity contribution < 1.29 is 18.0 Å². The summed E-state index contributed by atoms with van der Waals surface area (Å²) in [4.78, 5) is 16.9. The molecule has 5 rings (SSSR count). The SMILES string of the molecule is O=C(CCCN1CCC2C(C1)c1cc(F)ccc1N2c1ccc(F)cc1)c1ccc(F)cc1. The molecule has 6 heteroatoms. The molecule has 0 aliphatic carbocycles. The highest BCUT2D eigenvalue weighted by Gasteiger charge is 2.42. The second-order valence-electron chi connectivity index (χ2n) is 8.85. The number of benzene rings is 3. The average molecular weight is 451 g/mol. The summed E-state index contributed by atoms with van der Waals surface area (Å²) in [5.74, 6) is -0.727. The second-order valence-corrected chi connectivity index (χ2v) is 8.85. The summed E-state index contributed by atoms with van der Waals surface area (Å²) < 4.78 is 40.7. The number of hydrogen-bond donors (Lipinski definition) is 0. The van der Waals surface area contributed by atoms with Gasteiger partial charge in [-0.1, -0.05) is 0 Å². The van der Waals surface area contributed by atoms with Crippen LogP contribution < -0.4 is 4.90 Å². The number of rotatable bonds is 6. The lowest BCUT2D eigenvalue weighted by atomic mass is 9.88. The van der Waals surface area contributed by atoms with Crippen molar-refractivity contribution in [2.45, 2.75) is 31.2 Å². The van der Waals surface area contributed by atoms with Crippen LogP contribution in [-0.4, -0.2) is 36.4 Å². The van der Waals surface area contributed by atoms with Gasteiger partial charge in [0, 0.05) is 48.4 Å². The zero-order valence-corrected chi connectivity index (χ0v) is 18.2. The van der Waals surface area contributed by atoms with E-state index >= 15 is 0 Å². The monoisotopic (exact) mass is 450 g/mol. The van der Waals surface area contributed by atoms with Crippen LogP contribution in [0.5, 0.6) is 0 Å². The topological polar surface area (TPSA) is 23.6 Å². The van der Waals surface area contributed by atoms with Gasteiger partial charge in [-0.05, 0) is 91.7 Å². The van der Waals surface area contributed by atoms with Gasteiger partial charge >= 0.3 is 0 Å².